The Morgan fingerprint density at radius 2 is 2.05 bits per heavy atom. The zero-order valence-electron chi connectivity index (χ0n) is 14.1. The fraction of sp³-hybridized carbons (Fsp3) is 0.714. The summed E-state index contributed by atoms with van der Waals surface area (Å²) in [5.41, 5.74) is 2.41. The van der Waals surface area contributed by atoms with Gasteiger partial charge >= 0.3 is 0 Å². The molecule has 4 nitrogen and oxygen atoms in total. The quantitative estimate of drug-likeness (QED) is 0.825. The van der Waals surface area contributed by atoms with Crippen molar-refractivity contribution >= 4 is 29.5 Å². The van der Waals surface area contributed by atoms with Crippen LogP contribution in [0.4, 0.5) is 0 Å². The van der Waals surface area contributed by atoms with Gasteiger partial charge in [-0.3, -0.25) is 8.93 Å². The number of rotatable bonds is 2. The average Bonchev–Trinajstić information content (AvgIpc) is 2.78. The van der Waals surface area contributed by atoms with Crippen LogP contribution in [0.2, 0.25) is 18.1 Å². The van der Waals surface area contributed by atoms with E-state index in [9.17, 15) is 4.21 Å². The Labute approximate surface area is 134 Å². The molecule has 0 spiro atoms. The van der Waals surface area contributed by atoms with E-state index in [4.69, 9.17) is 9.17 Å². The Kier molecular flexibility index (Phi) is 4.21. The molecule has 2 N–H and O–H groups in total. The molecule has 0 saturated heterocycles. The lowest BCUT2D eigenvalue weighted by Crippen LogP contribution is -2.37. The molecule has 0 aromatic carbocycles. The summed E-state index contributed by atoms with van der Waals surface area (Å²) >= 11 is 1.52. The van der Waals surface area contributed by atoms with Gasteiger partial charge in [0, 0.05) is 18.2 Å². The largest absolute Gasteiger partial charge is 0.295 e. The second-order valence-electron chi connectivity index (χ2n) is 7.52. The molecule has 2 rings (SSSR count). The number of nitrogens with two attached hydrogens (primary N) is 1. The van der Waals surface area contributed by atoms with Crippen molar-refractivity contribution in [1.82, 2.24) is 4.90 Å². The minimum Gasteiger partial charge on any atom is -0.295 e. The summed E-state index contributed by atoms with van der Waals surface area (Å²) in [5.74, 6) is 0. The normalized spacial score (nSPS) is 23.0. The van der Waals surface area contributed by atoms with Crippen molar-refractivity contribution in [1.29, 1.82) is 0 Å². The van der Waals surface area contributed by atoms with Crippen molar-refractivity contribution in [2.75, 3.05) is 7.05 Å². The van der Waals surface area contributed by atoms with Crippen LogP contribution in [0.15, 0.2) is 13.6 Å². The Bertz CT molecular complexity index is 666. The van der Waals surface area contributed by atoms with E-state index >= 15 is 0 Å². The second-order valence-corrected chi connectivity index (χ2v) is 15.6. The minimum atomic E-state index is -2.81. The molecule has 1 aromatic rings. The van der Waals surface area contributed by atoms with Crippen LogP contribution in [0.3, 0.4) is 0 Å². The average molecular weight is 346 g/mol. The first kappa shape index (κ1) is 17.1. The third kappa shape index (κ3) is 2.99. The number of hydrogen-bond donors (Lipinski definition) is 1. The highest BCUT2D eigenvalue weighted by Crippen LogP contribution is 2.42. The summed E-state index contributed by atoms with van der Waals surface area (Å²) in [6.45, 7) is 13.8. The molecule has 2 unspecified atom stereocenters. The molecule has 0 aliphatic carbocycles. The molecule has 2 heterocycles. The van der Waals surface area contributed by atoms with Gasteiger partial charge in [-0.2, -0.15) is 0 Å². The van der Waals surface area contributed by atoms with Gasteiger partial charge in [-0.05, 0) is 43.0 Å². The number of nitrogens with zero attached hydrogens (tertiary/aromatic N) is 2. The first-order chi connectivity index (χ1) is 9.37. The molecule has 1 aliphatic rings. The van der Waals surface area contributed by atoms with Gasteiger partial charge in [-0.1, -0.05) is 20.8 Å². The smallest absolute Gasteiger partial charge is 0.195 e. The summed E-state index contributed by atoms with van der Waals surface area (Å²) in [6.07, 6.45) is 0. The molecule has 0 fully saturated rings. The van der Waals surface area contributed by atoms with Crippen LogP contribution in [0, 0.1) is 0 Å². The molecule has 1 aromatic heterocycles. The van der Waals surface area contributed by atoms with E-state index in [-0.39, 0.29) is 11.1 Å². The molecule has 21 heavy (non-hydrogen) atoms. The molecular weight excluding hydrogens is 318 g/mol. The lowest BCUT2D eigenvalue weighted by Gasteiger charge is -2.32. The Morgan fingerprint density at radius 3 is 2.57 bits per heavy atom. The monoisotopic (exact) mass is 345 g/mol. The van der Waals surface area contributed by atoms with E-state index in [2.05, 4.69) is 58.1 Å². The third-order valence-electron chi connectivity index (χ3n) is 4.84. The Morgan fingerprint density at radius 1 is 1.48 bits per heavy atom. The fourth-order valence-corrected chi connectivity index (χ4v) is 8.98. The predicted molar refractivity (Wildman–Crippen MR) is 94.4 cm³/mol. The zero-order valence-corrected chi connectivity index (χ0v) is 16.7. The summed E-state index contributed by atoms with van der Waals surface area (Å²) in [6, 6.07) is 0.264. The van der Waals surface area contributed by atoms with E-state index < -0.39 is 18.2 Å². The highest BCUT2D eigenvalue weighted by molar-refractivity contribution is 7.94. The van der Waals surface area contributed by atoms with E-state index in [1.54, 1.807) is 0 Å². The van der Waals surface area contributed by atoms with E-state index in [1.807, 2.05) is 0 Å². The third-order valence-corrected chi connectivity index (χ3v) is 14.0. The lowest BCUT2D eigenvalue weighted by molar-refractivity contribution is 0.284. The van der Waals surface area contributed by atoms with Crippen LogP contribution >= 0.6 is 11.3 Å². The summed E-state index contributed by atoms with van der Waals surface area (Å²) in [7, 11) is -2.78. The summed E-state index contributed by atoms with van der Waals surface area (Å²) in [4.78, 5) is 2.25. The van der Waals surface area contributed by atoms with Crippen molar-refractivity contribution in [2.24, 2.45) is 9.17 Å². The number of thiophene rings is 1. The van der Waals surface area contributed by atoms with Crippen LogP contribution in [0.5, 0.6) is 0 Å². The molecule has 2 atom stereocenters. The van der Waals surface area contributed by atoms with Crippen LogP contribution in [0.25, 0.3) is 0 Å². The molecule has 1 aliphatic heterocycles. The number of fused-ring (bicyclic) bond motifs is 1. The van der Waals surface area contributed by atoms with Gasteiger partial charge in [0.15, 0.2) is 8.24 Å². The summed E-state index contributed by atoms with van der Waals surface area (Å²) < 4.78 is 18.7. The van der Waals surface area contributed by atoms with Crippen LogP contribution in [-0.4, -0.2) is 24.4 Å². The Hall–Kier alpha value is -0.213. The van der Waals surface area contributed by atoms with Crippen LogP contribution in [-0.2, 0) is 16.5 Å². The van der Waals surface area contributed by atoms with Gasteiger partial charge in [-0.25, -0.2) is 9.35 Å². The molecule has 0 bridgehead atoms. The van der Waals surface area contributed by atoms with Gasteiger partial charge in [0.25, 0.3) is 0 Å². The van der Waals surface area contributed by atoms with Gasteiger partial charge in [0.05, 0.1) is 0 Å². The second kappa shape index (κ2) is 5.16. The van der Waals surface area contributed by atoms with E-state index in [1.165, 1.54) is 16.9 Å². The standard InChI is InChI=1S/C14H27N3OS2Si/c1-10-12-11(8-17(10)5)9-19-13(12)20(15,18)16-21(6,7)14(2,3)4/h9-10H,8H2,1-7H3,(H2,15,16,18). The predicted octanol–water partition coefficient (Wildman–Crippen LogP) is 3.96. The maximum absolute atomic E-state index is 13.2. The van der Waals surface area contributed by atoms with Crippen molar-refractivity contribution in [3.05, 3.63) is 16.5 Å². The molecule has 7 heteroatoms. The maximum Gasteiger partial charge on any atom is 0.195 e. The van der Waals surface area contributed by atoms with Crippen LogP contribution in [0.1, 0.15) is 44.9 Å². The van der Waals surface area contributed by atoms with Crippen molar-refractivity contribution in [2.45, 2.75) is 62.6 Å². The zero-order chi connectivity index (χ0) is 16.2. The SMILES string of the molecule is CC1c2c(csc2S(N)(=O)=N[Si](C)(C)C(C)(C)C)CN1C. The van der Waals surface area contributed by atoms with Crippen molar-refractivity contribution in [3.8, 4) is 0 Å². The molecular formula is C14H27N3OS2Si. The first-order valence-corrected chi connectivity index (χ1v) is 12.6. The summed E-state index contributed by atoms with van der Waals surface area (Å²) in [5, 5.41) is 8.37. The van der Waals surface area contributed by atoms with Crippen molar-refractivity contribution in [3.63, 3.8) is 0 Å². The van der Waals surface area contributed by atoms with Gasteiger partial charge in [-0.15, -0.1) is 11.3 Å². The minimum absolute atomic E-state index is 0.0396. The van der Waals surface area contributed by atoms with E-state index in [0.29, 0.717) is 0 Å². The van der Waals surface area contributed by atoms with Gasteiger partial charge in [0.2, 0.25) is 0 Å². The number of hydrogen-bond acceptors (Lipinski definition) is 4. The van der Waals surface area contributed by atoms with Gasteiger partial charge < -0.3 is 0 Å². The first-order valence-electron chi connectivity index (χ1n) is 7.23. The van der Waals surface area contributed by atoms with Crippen LogP contribution < -0.4 is 5.14 Å². The molecule has 0 amide bonds. The van der Waals surface area contributed by atoms with E-state index in [0.717, 1.165) is 16.3 Å². The van der Waals surface area contributed by atoms with Crippen molar-refractivity contribution < 1.29 is 4.21 Å². The highest BCUT2D eigenvalue weighted by Gasteiger charge is 2.39. The Balaban J connectivity index is 2.56. The molecule has 0 radical (unpaired) electrons. The maximum atomic E-state index is 13.2. The highest BCUT2D eigenvalue weighted by atomic mass is 32.2. The fourth-order valence-electron chi connectivity index (χ4n) is 2.31. The topological polar surface area (TPSA) is 58.7 Å². The molecule has 0 saturated carbocycles. The lowest BCUT2D eigenvalue weighted by atomic mass is 10.1. The van der Waals surface area contributed by atoms with Gasteiger partial charge in [0.1, 0.15) is 14.1 Å². The molecule has 120 valence electrons.